The number of hydrogen-bond donors (Lipinski definition) is 1. The van der Waals surface area contributed by atoms with E-state index in [1.807, 2.05) is 0 Å². The number of halogens is 2. The summed E-state index contributed by atoms with van der Waals surface area (Å²) in [6.07, 6.45) is 1.71. The molecule has 0 aromatic carbocycles. The minimum absolute atomic E-state index is 0. The van der Waals surface area contributed by atoms with Gasteiger partial charge in [0.15, 0.2) is 5.01 Å². The van der Waals surface area contributed by atoms with Crippen molar-refractivity contribution in [2.75, 3.05) is 0 Å². The summed E-state index contributed by atoms with van der Waals surface area (Å²) in [6.45, 7) is 6.22. The molecule has 3 nitrogen and oxygen atoms in total. The van der Waals surface area contributed by atoms with Gasteiger partial charge in [0.1, 0.15) is 0 Å². The van der Waals surface area contributed by atoms with E-state index in [-0.39, 0.29) is 30.2 Å². The summed E-state index contributed by atoms with van der Waals surface area (Å²) >= 11 is 1.36. The lowest BCUT2D eigenvalue weighted by molar-refractivity contribution is 0.1000. The molecule has 0 unspecified atom stereocenters. The molecule has 0 fully saturated rings. The number of nitrogens with zero attached hydrogens (tertiary/aromatic N) is 1. The zero-order chi connectivity index (χ0) is 9.35. The second kappa shape index (κ2) is 5.53. The first-order chi connectivity index (χ1) is 5.41. The van der Waals surface area contributed by atoms with Gasteiger partial charge in [-0.3, -0.25) is 4.79 Å². The van der Waals surface area contributed by atoms with Gasteiger partial charge in [-0.25, -0.2) is 4.98 Å². The Balaban J connectivity index is 0. The Morgan fingerprint density at radius 2 is 1.93 bits per heavy atom. The third kappa shape index (κ3) is 3.82. The van der Waals surface area contributed by atoms with Crippen LogP contribution in [0.25, 0.3) is 0 Å². The molecular weight excluding hydrogens is 243 g/mol. The molecule has 1 rings (SSSR count). The maximum absolute atomic E-state index is 10.7. The lowest BCUT2D eigenvalue weighted by Gasteiger charge is -2.14. The van der Waals surface area contributed by atoms with Crippen LogP contribution in [0, 0.1) is 0 Å². The normalized spacial score (nSPS) is 9.93. The number of primary amides is 1. The molecule has 0 radical (unpaired) electrons. The number of thiazole rings is 1. The van der Waals surface area contributed by atoms with Crippen molar-refractivity contribution in [2.45, 2.75) is 26.2 Å². The first-order valence-corrected chi connectivity index (χ1v) is 4.49. The highest BCUT2D eigenvalue weighted by molar-refractivity contribution is 7.13. The molecule has 0 aliphatic carbocycles. The van der Waals surface area contributed by atoms with Gasteiger partial charge < -0.3 is 5.73 Å². The Morgan fingerprint density at radius 3 is 2.14 bits per heavy atom. The Morgan fingerprint density at radius 1 is 1.43 bits per heavy atom. The smallest absolute Gasteiger partial charge is 0.277 e. The molecule has 2 N–H and O–H groups in total. The van der Waals surface area contributed by atoms with Crippen LogP contribution in [0.2, 0.25) is 0 Å². The second-order valence-electron chi connectivity index (χ2n) is 3.64. The molecular formula is C8H14Cl2N2OS. The number of amides is 1. The van der Waals surface area contributed by atoms with E-state index in [0.29, 0.717) is 5.01 Å². The highest BCUT2D eigenvalue weighted by Gasteiger charge is 2.18. The molecule has 1 aromatic heterocycles. The van der Waals surface area contributed by atoms with Crippen LogP contribution < -0.4 is 5.73 Å². The van der Waals surface area contributed by atoms with E-state index in [2.05, 4.69) is 25.8 Å². The molecule has 1 heterocycles. The van der Waals surface area contributed by atoms with Crippen molar-refractivity contribution in [3.63, 3.8) is 0 Å². The van der Waals surface area contributed by atoms with E-state index >= 15 is 0 Å². The van der Waals surface area contributed by atoms with Gasteiger partial charge in [-0.15, -0.1) is 36.2 Å². The topological polar surface area (TPSA) is 56.0 Å². The molecule has 0 bridgehead atoms. The summed E-state index contributed by atoms with van der Waals surface area (Å²) < 4.78 is 0. The minimum Gasteiger partial charge on any atom is -0.364 e. The number of carbonyl (C=O) groups excluding carboxylic acids is 1. The summed E-state index contributed by atoms with van der Waals surface area (Å²) in [5, 5.41) is 0.389. The SMILES string of the molecule is CC(C)(C)c1cnc(C(N)=O)s1.Cl.Cl. The molecule has 1 aromatic rings. The van der Waals surface area contributed by atoms with Gasteiger partial charge in [0.05, 0.1) is 0 Å². The van der Waals surface area contributed by atoms with Crippen LogP contribution in [-0.2, 0) is 5.41 Å². The number of rotatable bonds is 1. The van der Waals surface area contributed by atoms with E-state index in [4.69, 9.17) is 5.73 Å². The van der Waals surface area contributed by atoms with Gasteiger partial charge in [-0.05, 0) is 5.41 Å². The summed E-state index contributed by atoms with van der Waals surface area (Å²) in [5.74, 6) is -0.449. The van der Waals surface area contributed by atoms with Gasteiger partial charge in [0.25, 0.3) is 5.91 Å². The fourth-order valence-electron chi connectivity index (χ4n) is 0.735. The molecule has 0 atom stereocenters. The molecule has 82 valence electrons. The predicted molar refractivity (Wildman–Crippen MR) is 63.8 cm³/mol. The zero-order valence-electron chi connectivity index (χ0n) is 8.23. The third-order valence-electron chi connectivity index (χ3n) is 1.46. The van der Waals surface area contributed by atoms with Crippen LogP contribution in [0.3, 0.4) is 0 Å². The Labute approximate surface area is 99.9 Å². The molecule has 6 heteroatoms. The van der Waals surface area contributed by atoms with Crippen molar-refractivity contribution >= 4 is 42.1 Å². The summed E-state index contributed by atoms with van der Waals surface area (Å²) in [7, 11) is 0. The fraction of sp³-hybridized carbons (Fsp3) is 0.500. The standard InChI is InChI=1S/C8H12N2OS.2ClH/c1-8(2,3)5-4-10-7(12-5)6(9)11;;/h4H,1-3H3,(H2,9,11);2*1H. The number of aromatic nitrogens is 1. The van der Waals surface area contributed by atoms with Gasteiger partial charge >= 0.3 is 0 Å². The first kappa shape index (κ1) is 16.1. The van der Waals surface area contributed by atoms with Crippen LogP contribution in [0.5, 0.6) is 0 Å². The number of carbonyl (C=O) groups is 1. The highest BCUT2D eigenvalue weighted by atomic mass is 35.5. The maximum Gasteiger partial charge on any atom is 0.277 e. The predicted octanol–water partition coefficient (Wildman–Crippen LogP) is 2.38. The van der Waals surface area contributed by atoms with E-state index in [1.54, 1.807) is 6.20 Å². The molecule has 0 saturated heterocycles. The average Bonchev–Trinajstić information content (AvgIpc) is 2.30. The second-order valence-corrected chi connectivity index (χ2v) is 4.67. The van der Waals surface area contributed by atoms with Crippen molar-refractivity contribution in [3.8, 4) is 0 Å². The van der Waals surface area contributed by atoms with Crippen LogP contribution in [-0.4, -0.2) is 10.9 Å². The summed E-state index contributed by atoms with van der Waals surface area (Å²) in [4.78, 5) is 15.7. The molecule has 14 heavy (non-hydrogen) atoms. The lowest BCUT2D eigenvalue weighted by atomic mass is 9.96. The van der Waals surface area contributed by atoms with Crippen LogP contribution in [0.1, 0.15) is 35.5 Å². The minimum atomic E-state index is -0.449. The van der Waals surface area contributed by atoms with Gasteiger partial charge in [0.2, 0.25) is 0 Å². The average molecular weight is 257 g/mol. The van der Waals surface area contributed by atoms with Crippen molar-refractivity contribution in [2.24, 2.45) is 5.73 Å². The molecule has 0 spiro atoms. The summed E-state index contributed by atoms with van der Waals surface area (Å²) in [5.41, 5.74) is 5.13. The first-order valence-electron chi connectivity index (χ1n) is 3.67. The zero-order valence-corrected chi connectivity index (χ0v) is 10.7. The monoisotopic (exact) mass is 256 g/mol. The Kier molecular flexibility index (Phi) is 6.37. The van der Waals surface area contributed by atoms with Crippen molar-refractivity contribution < 1.29 is 4.79 Å². The van der Waals surface area contributed by atoms with Gasteiger partial charge in [-0.1, -0.05) is 20.8 Å². The van der Waals surface area contributed by atoms with E-state index in [0.717, 1.165) is 4.88 Å². The van der Waals surface area contributed by atoms with Gasteiger partial charge in [0, 0.05) is 11.1 Å². The van der Waals surface area contributed by atoms with Crippen LogP contribution in [0.4, 0.5) is 0 Å². The van der Waals surface area contributed by atoms with Crippen molar-refractivity contribution in [1.82, 2.24) is 4.98 Å². The quantitative estimate of drug-likeness (QED) is 0.839. The van der Waals surface area contributed by atoms with E-state index < -0.39 is 5.91 Å². The van der Waals surface area contributed by atoms with Crippen LogP contribution >= 0.6 is 36.2 Å². The Hall–Kier alpha value is -0.320. The number of hydrogen-bond acceptors (Lipinski definition) is 3. The maximum atomic E-state index is 10.7. The lowest BCUT2D eigenvalue weighted by Crippen LogP contribution is -2.10. The number of nitrogens with two attached hydrogens (primary N) is 1. The van der Waals surface area contributed by atoms with Crippen molar-refractivity contribution in [3.05, 3.63) is 16.1 Å². The van der Waals surface area contributed by atoms with E-state index in [1.165, 1.54) is 11.3 Å². The van der Waals surface area contributed by atoms with Gasteiger partial charge in [-0.2, -0.15) is 0 Å². The Bertz CT molecular complexity index is 307. The van der Waals surface area contributed by atoms with Crippen LogP contribution in [0.15, 0.2) is 6.20 Å². The van der Waals surface area contributed by atoms with E-state index in [9.17, 15) is 4.79 Å². The third-order valence-corrected chi connectivity index (χ3v) is 2.89. The largest absolute Gasteiger partial charge is 0.364 e. The fourth-order valence-corrected chi connectivity index (χ4v) is 1.56. The molecule has 0 saturated carbocycles. The summed E-state index contributed by atoms with van der Waals surface area (Å²) in [6, 6.07) is 0. The molecule has 0 aliphatic heterocycles. The highest BCUT2D eigenvalue weighted by Crippen LogP contribution is 2.27. The van der Waals surface area contributed by atoms with Crippen molar-refractivity contribution in [1.29, 1.82) is 0 Å². The molecule has 0 aliphatic rings. The molecule has 1 amide bonds.